The first-order valence-electron chi connectivity index (χ1n) is 8.39. The van der Waals surface area contributed by atoms with Crippen molar-refractivity contribution >= 4 is 0 Å². The van der Waals surface area contributed by atoms with Crippen LogP contribution in [0.2, 0.25) is 0 Å². The van der Waals surface area contributed by atoms with Crippen LogP contribution in [-0.2, 0) is 16.8 Å². The molecule has 3 heterocycles. The van der Waals surface area contributed by atoms with Crippen molar-refractivity contribution in [1.29, 1.82) is 0 Å². The van der Waals surface area contributed by atoms with Crippen LogP contribution >= 0.6 is 0 Å². The van der Waals surface area contributed by atoms with E-state index in [9.17, 15) is 0 Å². The third-order valence-electron chi connectivity index (χ3n) is 5.77. The summed E-state index contributed by atoms with van der Waals surface area (Å²) in [5.74, 6) is 0.683. The number of hydrogen-bond donors (Lipinski definition) is 0. The zero-order valence-corrected chi connectivity index (χ0v) is 12.7. The molecule has 3 unspecified atom stereocenters. The van der Waals surface area contributed by atoms with Crippen molar-refractivity contribution in [3.8, 4) is 0 Å². The molecule has 0 aromatic heterocycles. The van der Waals surface area contributed by atoms with Crippen LogP contribution in [0.25, 0.3) is 0 Å². The maximum atomic E-state index is 6.49. The zero-order valence-electron chi connectivity index (χ0n) is 12.7. The molecule has 1 spiro atoms. The van der Waals surface area contributed by atoms with E-state index in [1.54, 1.807) is 0 Å². The maximum Gasteiger partial charge on any atom is 0.111 e. The van der Waals surface area contributed by atoms with Crippen molar-refractivity contribution in [2.45, 2.75) is 24.5 Å². The number of ether oxygens (including phenoxy) is 1. The van der Waals surface area contributed by atoms with Crippen molar-refractivity contribution in [3.05, 3.63) is 71.3 Å². The van der Waals surface area contributed by atoms with Gasteiger partial charge >= 0.3 is 0 Å². The minimum Gasteiger partial charge on any atom is -0.361 e. The summed E-state index contributed by atoms with van der Waals surface area (Å²) in [6.45, 7) is 3.40. The van der Waals surface area contributed by atoms with Crippen molar-refractivity contribution in [2.24, 2.45) is 5.92 Å². The lowest BCUT2D eigenvalue weighted by molar-refractivity contribution is -0.0287. The highest BCUT2D eigenvalue weighted by Gasteiger charge is 2.60. The van der Waals surface area contributed by atoms with Gasteiger partial charge in [-0.05, 0) is 29.5 Å². The molecule has 0 radical (unpaired) electrons. The van der Waals surface area contributed by atoms with E-state index in [0.29, 0.717) is 12.0 Å². The van der Waals surface area contributed by atoms with Crippen LogP contribution in [0.4, 0.5) is 0 Å². The first kappa shape index (κ1) is 12.9. The van der Waals surface area contributed by atoms with Gasteiger partial charge in [0.15, 0.2) is 0 Å². The van der Waals surface area contributed by atoms with Gasteiger partial charge in [-0.2, -0.15) is 0 Å². The normalized spacial score (nSPS) is 32.2. The van der Waals surface area contributed by atoms with E-state index in [0.717, 1.165) is 19.5 Å². The van der Waals surface area contributed by atoms with Crippen molar-refractivity contribution in [2.75, 3.05) is 19.6 Å². The fraction of sp³-hybridized carbons (Fsp3) is 0.400. The molecule has 0 amide bonds. The number of hydrogen-bond acceptors (Lipinski definition) is 2. The maximum absolute atomic E-state index is 6.49. The predicted octanol–water partition coefficient (Wildman–Crippen LogP) is 3.53. The topological polar surface area (TPSA) is 12.5 Å². The molecule has 3 aliphatic rings. The summed E-state index contributed by atoms with van der Waals surface area (Å²) in [6.07, 6.45) is 2.70. The molecular formula is C20H21NO. The zero-order chi connectivity index (χ0) is 14.6. The highest BCUT2D eigenvalue weighted by Crippen LogP contribution is 2.60. The van der Waals surface area contributed by atoms with Gasteiger partial charge in [0.2, 0.25) is 0 Å². The van der Waals surface area contributed by atoms with Crippen LogP contribution in [0, 0.1) is 5.92 Å². The van der Waals surface area contributed by atoms with Gasteiger partial charge in [-0.3, -0.25) is 4.90 Å². The Hall–Kier alpha value is -1.64. The van der Waals surface area contributed by atoms with Crippen molar-refractivity contribution < 1.29 is 4.74 Å². The summed E-state index contributed by atoms with van der Waals surface area (Å²) in [6, 6.07) is 19.7. The average Bonchev–Trinajstić information content (AvgIpc) is 3.19. The lowest BCUT2D eigenvalue weighted by Gasteiger charge is -2.27. The quantitative estimate of drug-likeness (QED) is 0.858. The van der Waals surface area contributed by atoms with E-state index in [1.165, 1.54) is 29.7 Å². The molecule has 2 bridgehead atoms. The Kier molecular flexibility index (Phi) is 2.73. The van der Waals surface area contributed by atoms with Gasteiger partial charge in [-0.15, -0.1) is 0 Å². The molecule has 0 saturated carbocycles. The number of benzene rings is 2. The van der Waals surface area contributed by atoms with Gasteiger partial charge in [-0.1, -0.05) is 54.6 Å². The standard InChI is InChI=1S/C20H21NO/c1-2-6-15(7-3-1)10-11-21-13-16-12-19-17-8-4-5-9-18(17)20(16,14-21)22-19/h1-9,16,19H,10-14H2. The largest absolute Gasteiger partial charge is 0.361 e. The summed E-state index contributed by atoms with van der Waals surface area (Å²) >= 11 is 0. The van der Waals surface area contributed by atoms with Gasteiger partial charge in [-0.25, -0.2) is 0 Å². The molecule has 2 nitrogen and oxygen atoms in total. The number of likely N-dealkylation sites (tertiary alicyclic amines) is 1. The lowest BCUT2D eigenvalue weighted by Crippen LogP contribution is -2.32. The monoisotopic (exact) mass is 291 g/mol. The second-order valence-electron chi connectivity index (χ2n) is 6.99. The average molecular weight is 291 g/mol. The van der Waals surface area contributed by atoms with Crippen LogP contribution in [0.5, 0.6) is 0 Å². The SMILES string of the molecule is c1ccc(CCN2CC3CC4OC3(C2)c2ccccc24)cc1. The van der Waals surface area contributed by atoms with Crippen LogP contribution in [0.15, 0.2) is 54.6 Å². The summed E-state index contributed by atoms with van der Waals surface area (Å²) in [5.41, 5.74) is 4.35. The van der Waals surface area contributed by atoms with Crippen LogP contribution < -0.4 is 0 Å². The van der Waals surface area contributed by atoms with Gasteiger partial charge < -0.3 is 4.74 Å². The molecule has 3 aliphatic heterocycles. The Bertz CT molecular complexity index is 698. The summed E-state index contributed by atoms with van der Waals surface area (Å²) in [4.78, 5) is 2.61. The van der Waals surface area contributed by atoms with Gasteiger partial charge in [0, 0.05) is 25.6 Å². The second-order valence-corrected chi connectivity index (χ2v) is 6.99. The molecule has 5 rings (SSSR count). The van der Waals surface area contributed by atoms with Gasteiger partial charge in [0.1, 0.15) is 5.60 Å². The summed E-state index contributed by atoms with van der Waals surface area (Å²) in [5, 5.41) is 0. The number of nitrogens with zero attached hydrogens (tertiary/aromatic N) is 1. The van der Waals surface area contributed by atoms with Crippen LogP contribution in [0.3, 0.4) is 0 Å². The molecule has 3 atom stereocenters. The molecule has 112 valence electrons. The van der Waals surface area contributed by atoms with E-state index < -0.39 is 0 Å². The molecule has 2 saturated heterocycles. The Morgan fingerprint density at radius 2 is 1.86 bits per heavy atom. The summed E-state index contributed by atoms with van der Waals surface area (Å²) < 4.78 is 6.49. The highest BCUT2D eigenvalue weighted by molar-refractivity contribution is 5.43. The Morgan fingerprint density at radius 1 is 1.05 bits per heavy atom. The third-order valence-corrected chi connectivity index (χ3v) is 5.77. The highest BCUT2D eigenvalue weighted by atomic mass is 16.5. The first-order valence-corrected chi connectivity index (χ1v) is 8.39. The van der Waals surface area contributed by atoms with Gasteiger partial charge in [0.25, 0.3) is 0 Å². The fourth-order valence-corrected chi connectivity index (χ4v) is 4.77. The Morgan fingerprint density at radius 3 is 2.77 bits per heavy atom. The fourth-order valence-electron chi connectivity index (χ4n) is 4.77. The molecule has 2 heteroatoms. The first-order chi connectivity index (χ1) is 10.9. The second kappa shape index (κ2) is 4.68. The smallest absolute Gasteiger partial charge is 0.111 e. The molecule has 0 N–H and O–H groups in total. The summed E-state index contributed by atoms with van der Waals surface area (Å²) in [7, 11) is 0. The van der Waals surface area contributed by atoms with E-state index in [2.05, 4.69) is 59.5 Å². The molecular weight excluding hydrogens is 270 g/mol. The minimum absolute atomic E-state index is 0.00204. The molecule has 0 aliphatic carbocycles. The third kappa shape index (κ3) is 1.74. The number of rotatable bonds is 3. The molecule has 2 aromatic carbocycles. The Labute approximate surface area is 131 Å². The van der Waals surface area contributed by atoms with Crippen molar-refractivity contribution in [1.82, 2.24) is 4.90 Å². The van der Waals surface area contributed by atoms with Crippen LogP contribution in [-0.4, -0.2) is 24.5 Å². The van der Waals surface area contributed by atoms with E-state index in [1.807, 2.05) is 0 Å². The predicted molar refractivity (Wildman–Crippen MR) is 86.6 cm³/mol. The van der Waals surface area contributed by atoms with Crippen molar-refractivity contribution in [3.63, 3.8) is 0 Å². The Balaban J connectivity index is 1.36. The van der Waals surface area contributed by atoms with Gasteiger partial charge in [0.05, 0.1) is 6.10 Å². The minimum atomic E-state index is -0.00204. The van der Waals surface area contributed by atoms with E-state index in [4.69, 9.17) is 4.74 Å². The molecule has 2 fully saturated rings. The van der Waals surface area contributed by atoms with Crippen LogP contribution in [0.1, 0.15) is 29.2 Å². The lowest BCUT2D eigenvalue weighted by atomic mass is 9.76. The number of fused-ring (bicyclic) bond motifs is 3. The molecule has 2 aromatic rings. The van der Waals surface area contributed by atoms with E-state index >= 15 is 0 Å². The van der Waals surface area contributed by atoms with E-state index in [-0.39, 0.29) is 5.60 Å². The molecule has 22 heavy (non-hydrogen) atoms.